The molecule has 0 N–H and O–H groups in total. The molecule has 0 saturated heterocycles. The summed E-state index contributed by atoms with van der Waals surface area (Å²) in [6.07, 6.45) is 3.99. The van der Waals surface area contributed by atoms with Crippen LogP contribution >= 0.6 is 0 Å². The molecule has 0 amide bonds. The van der Waals surface area contributed by atoms with Crippen molar-refractivity contribution in [1.82, 2.24) is 0 Å². The second kappa shape index (κ2) is 8.69. The van der Waals surface area contributed by atoms with Crippen LogP contribution in [-0.4, -0.2) is 50.2 Å². The molecule has 0 aliphatic heterocycles. The van der Waals surface area contributed by atoms with Crippen LogP contribution in [0.1, 0.15) is 25.7 Å². The lowest BCUT2D eigenvalue weighted by atomic mass is 10.2. The third-order valence-corrected chi connectivity index (χ3v) is 2.74. The van der Waals surface area contributed by atoms with Crippen molar-refractivity contribution < 1.29 is 23.9 Å². The Bertz CT molecular complexity index is 287. The van der Waals surface area contributed by atoms with Gasteiger partial charge in [0, 0.05) is 18.5 Å². The summed E-state index contributed by atoms with van der Waals surface area (Å²) in [5.74, 6) is -1.39. The number of carbonyl (C=O) groups excluding carboxylic acids is 2. The number of ether oxygens (including phenoxy) is 1. The van der Waals surface area contributed by atoms with Crippen LogP contribution in [0.3, 0.4) is 0 Å². The highest BCUT2D eigenvalue weighted by Gasteiger charge is 2.13. The van der Waals surface area contributed by atoms with Crippen LogP contribution in [0, 0.1) is 0 Å². The van der Waals surface area contributed by atoms with Gasteiger partial charge >= 0.3 is 5.97 Å². The number of hydrogen-bond acceptors (Lipinski definition) is 4. The molecule has 0 spiro atoms. The highest BCUT2D eigenvalue weighted by molar-refractivity contribution is 5.81. The number of aliphatic carboxylic acids is 1. The van der Waals surface area contributed by atoms with Crippen molar-refractivity contribution in [2.45, 2.75) is 25.7 Å². The normalized spacial score (nSPS) is 11.0. The van der Waals surface area contributed by atoms with Gasteiger partial charge in [0.25, 0.3) is 0 Å². The smallest absolute Gasteiger partial charge is 0.330 e. The number of nitrogens with zero attached hydrogens (tertiary/aromatic N) is 1. The van der Waals surface area contributed by atoms with Gasteiger partial charge in [-0.15, -0.1) is 0 Å². The van der Waals surface area contributed by atoms with E-state index in [2.05, 4.69) is 6.58 Å². The third-order valence-electron chi connectivity index (χ3n) is 2.74. The highest BCUT2D eigenvalue weighted by atomic mass is 16.5. The van der Waals surface area contributed by atoms with E-state index in [9.17, 15) is 14.7 Å². The van der Waals surface area contributed by atoms with Crippen LogP contribution in [0.2, 0.25) is 0 Å². The summed E-state index contributed by atoms with van der Waals surface area (Å²) >= 11 is 0. The molecule has 0 atom stereocenters. The lowest BCUT2D eigenvalue weighted by Crippen LogP contribution is -2.43. The Kier molecular flexibility index (Phi) is 8.03. The van der Waals surface area contributed by atoms with E-state index >= 15 is 0 Å². The van der Waals surface area contributed by atoms with Crippen molar-refractivity contribution in [3.05, 3.63) is 12.7 Å². The van der Waals surface area contributed by atoms with Gasteiger partial charge in [0.1, 0.15) is 0 Å². The largest absolute Gasteiger partial charge is 0.550 e. The Morgan fingerprint density at radius 3 is 2.44 bits per heavy atom. The zero-order valence-corrected chi connectivity index (χ0v) is 11.3. The first-order valence-corrected chi connectivity index (χ1v) is 6.18. The molecule has 18 heavy (non-hydrogen) atoms. The maximum absolute atomic E-state index is 10.7. The second-order valence-electron chi connectivity index (χ2n) is 4.94. The van der Waals surface area contributed by atoms with E-state index in [1.165, 1.54) is 0 Å². The topological polar surface area (TPSA) is 66.4 Å². The van der Waals surface area contributed by atoms with Crippen LogP contribution in [-0.2, 0) is 14.3 Å². The molecular formula is C13H23NO4. The molecular weight excluding hydrogens is 234 g/mol. The van der Waals surface area contributed by atoms with E-state index < -0.39 is 5.97 Å². The van der Waals surface area contributed by atoms with Crippen LogP contribution in [0.25, 0.3) is 0 Å². The highest BCUT2D eigenvalue weighted by Crippen LogP contribution is 2.05. The molecule has 0 bridgehead atoms. The minimum Gasteiger partial charge on any atom is -0.550 e. The fourth-order valence-electron chi connectivity index (χ4n) is 1.56. The Labute approximate surface area is 109 Å². The second-order valence-corrected chi connectivity index (χ2v) is 4.94. The Morgan fingerprint density at radius 1 is 1.22 bits per heavy atom. The van der Waals surface area contributed by atoms with E-state index in [0.29, 0.717) is 17.6 Å². The molecule has 0 rings (SSSR count). The first-order valence-electron chi connectivity index (χ1n) is 6.18. The summed E-state index contributed by atoms with van der Waals surface area (Å²) in [6, 6.07) is 0. The van der Waals surface area contributed by atoms with Crippen molar-refractivity contribution in [2.75, 3.05) is 33.8 Å². The Morgan fingerprint density at radius 2 is 1.89 bits per heavy atom. The van der Waals surface area contributed by atoms with E-state index in [-0.39, 0.29) is 12.4 Å². The molecule has 0 unspecified atom stereocenters. The number of hydrogen-bond donors (Lipinski definition) is 0. The van der Waals surface area contributed by atoms with Gasteiger partial charge in [0.05, 0.1) is 33.8 Å². The van der Waals surface area contributed by atoms with Gasteiger partial charge in [0.15, 0.2) is 0 Å². The van der Waals surface area contributed by atoms with Crippen molar-refractivity contribution in [3.8, 4) is 0 Å². The average molecular weight is 257 g/mol. The molecule has 104 valence electrons. The van der Waals surface area contributed by atoms with E-state index in [0.717, 1.165) is 31.9 Å². The van der Waals surface area contributed by atoms with E-state index in [1.54, 1.807) is 0 Å². The summed E-state index contributed by atoms with van der Waals surface area (Å²) in [6.45, 7) is 5.21. The number of unbranched alkanes of at least 4 members (excludes halogenated alkanes) is 2. The molecule has 0 heterocycles. The monoisotopic (exact) mass is 257 g/mol. The van der Waals surface area contributed by atoms with Crippen molar-refractivity contribution >= 4 is 11.9 Å². The fraction of sp³-hybridized carbons (Fsp3) is 0.692. The van der Waals surface area contributed by atoms with E-state index in [1.807, 2.05) is 14.1 Å². The average Bonchev–Trinajstić information content (AvgIpc) is 2.30. The molecule has 5 nitrogen and oxygen atoms in total. The van der Waals surface area contributed by atoms with Crippen molar-refractivity contribution in [2.24, 2.45) is 0 Å². The molecule has 0 aromatic rings. The Hall–Kier alpha value is -1.36. The molecule has 0 aliphatic rings. The quantitative estimate of drug-likeness (QED) is 0.241. The zero-order chi connectivity index (χ0) is 14.0. The third kappa shape index (κ3) is 9.84. The van der Waals surface area contributed by atoms with Crippen LogP contribution < -0.4 is 5.11 Å². The van der Waals surface area contributed by atoms with Gasteiger partial charge in [-0.3, -0.25) is 0 Å². The first-order chi connectivity index (χ1) is 8.37. The number of rotatable bonds is 10. The van der Waals surface area contributed by atoms with Gasteiger partial charge in [-0.25, -0.2) is 4.79 Å². The summed E-state index contributed by atoms with van der Waals surface area (Å²) in [4.78, 5) is 21.1. The molecule has 0 aliphatic carbocycles. The molecule has 0 aromatic heterocycles. The van der Waals surface area contributed by atoms with Crippen LogP contribution in [0.5, 0.6) is 0 Å². The van der Waals surface area contributed by atoms with Crippen molar-refractivity contribution in [3.63, 3.8) is 0 Å². The van der Waals surface area contributed by atoms with Gasteiger partial charge in [-0.05, 0) is 19.3 Å². The number of carboxylic acids is 1. The summed E-state index contributed by atoms with van der Waals surface area (Å²) in [5, 5.41) is 10.4. The predicted octanol–water partition coefficient (Wildman–Crippen LogP) is 0.102. The van der Waals surface area contributed by atoms with Crippen LogP contribution in [0.15, 0.2) is 12.7 Å². The van der Waals surface area contributed by atoms with Gasteiger partial charge in [-0.2, -0.15) is 0 Å². The number of esters is 1. The minimum atomic E-state index is -1.00. The summed E-state index contributed by atoms with van der Waals surface area (Å²) in [7, 11) is 4.00. The molecule has 0 fully saturated rings. The molecule has 0 saturated carbocycles. The maximum atomic E-state index is 10.7. The predicted molar refractivity (Wildman–Crippen MR) is 66.5 cm³/mol. The lowest BCUT2D eigenvalue weighted by Gasteiger charge is -2.30. The SMILES string of the molecule is C=CC(=O)OCCCCC[N+](C)(C)CCC(=O)[O-]. The molecule has 5 heteroatoms. The summed E-state index contributed by atoms with van der Waals surface area (Å²) in [5.41, 5.74) is 0. The number of carbonyl (C=O) groups is 2. The van der Waals surface area contributed by atoms with Gasteiger partial charge in [0.2, 0.25) is 0 Å². The van der Waals surface area contributed by atoms with Gasteiger partial charge in [-0.1, -0.05) is 6.58 Å². The number of carboxylic acid groups (broad SMARTS) is 1. The zero-order valence-electron chi connectivity index (χ0n) is 11.3. The van der Waals surface area contributed by atoms with Gasteiger partial charge < -0.3 is 19.1 Å². The Balaban J connectivity index is 3.55. The molecule has 0 aromatic carbocycles. The maximum Gasteiger partial charge on any atom is 0.330 e. The van der Waals surface area contributed by atoms with Crippen molar-refractivity contribution in [1.29, 1.82) is 0 Å². The first kappa shape index (κ1) is 16.6. The standard InChI is InChI=1S/C13H23NO4/c1-4-13(17)18-11-7-5-6-9-14(2,3)10-8-12(15)16/h4H,1,5-11H2,2-3H3. The summed E-state index contributed by atoms with van der Waals surface area (Å²) < 4.78 is 5.52. The lowest BCUT2D eigenvalue weighted by molar-refractivity contribution is -0.890. The van der Waals surface area contributed by atoms with Crippen LogP contribution in [0.4, 0.5) is 0 Å². The fourth-order valence-corrected chi connectivity index (χ4v) is 1.56. The number of quaternary nitrogens is 1. The minimum absolute atomic E-state index is 0.0872. The molecule has 0 radical (unpaired) electrons. The van der Waals surface area contributed by atoms with E-state index in [4.69, 9.17) is 4.74 Å².